The molecular weight excluding hydrogens is 819 g/mol. The predicted molar refractivity (Wildman–Crippen MR) is 212 cm³/mol. The van der Waals surface area contributed by atoms with Crippen molar-refractivity contribution in [1.29, 1.82) is 0 Å². The second-order valence-corrected chi connectivity index (χ2v) is 14.1. The molecule has 0 atom stereocenters. The summed E-state index contributed by atoms with van der Waals surface area (Å²) in [6.07, 6.45) is 2.15. The van der Waals surface area contributed by atoms with Gasteiger partial charge in [-0.3, -0.25) is 28.8 Å². The van der Waals surface area contributed by atoms with Crippen LogP contribution in [0.3, 0.4) is 0 Å². The minimum Gasteiger partial charge on any atom is -0.870 e. The Morgan fingerprint density at radius 2 is 1.16 bits per heavy atom. The number of H-pyrrole nitrogens is 3. The average molecular weight is 853 g/mol. The maximum absolute atomic E-state index is 13.0. The van der Waals surface area contributed by atoms with Gasteiger partial charge in [-0.05, 0) is 49.3 Å². The molecular formula is C40H34ClKN4O9S2. The first-order valence-electron chi connectivity index (χ1n) is 17.0. The number of nitrogens with one attached hydrogen (secondary N) is 3. The molecule has 0 unspecified atom stereocenters. The molecule has 57 heavy (non-hydrogen) atoms. The molecule has 4 N–H and O–H groups in total. The third-order valence-electron chi connectivity index (χ3n) is 8.83. The Morgan fingerprint density at radius 3 is 1.70 bits per heavy atom. The number of ether oxygens (including phenoxy) is 2. The Labute approximate surface area is 382 Å². The van der Waals surface area contributed by atoms with E-state index in [9.17, 15) is 28.8 Å². The zero-order valence-electron chi connectivity index (χ0n) is 31.0. The van der Waals surface area contributed by atoms with E-state index in [0.29, 0.717) is 108 Å². The van der Waals surface area contributed by atoms with Crippen LogP contribution in [0.2, 0.25) is 0 Å². The molecule has 8 rings (SSSR count). The number of ketones is 4. The van der Waals surface area contributed by atoms with Gasteiger partial charge in [0.2, 0.25) is 0 Å². The molecule has 4 aromatic carbocycles. The van der Waals surface area contributed by atoms with Crippen LogP contribution in [-0.4, -0.2) is 86.3 Å². The molecule has 6 aromatic rings. The van der Waals surface area contributed by atoms with E-state index in [-0.39, 0.29) is 91.9 Å². The van der Waals surface area contributed by atoms with Gasteiger partial charge in [-0.15, -0.1) is 11.6 Å². The minimum atomic E-state index is -0.239. The molecule has 0 radical (unpaired) electrons. The van der Waals surface area contributed by atoms with E-state index in [1.165, 1.54) is 26.0 Å². The summed E-state index contributed by atoms with van der Waals surface area (Å²) in [5, 5.41) is 0.655. The number of carbonyl (C=O) groups excluding carboxylic acids is 6. The van der Waals surface area contributed by atoms with Crippen LogP contribution in [0.1, 0.15) is 89.4 Å². The smallest absolute Gasteiger partial charge is 0.870 e. The summed E-state index contributed by atoms with van der Waals surface area (Å²) in [4.78, 5) is 86.0. The Hall–Kier alpha value is -4.10. The molecule has 0 spiro atoms. The van der Waals surface area contributed by atoms with E-state index in [1.54, 1.807) is 72.8 Å². The quantitative estimate of drug-likeness (QED) is 0.0486. The summed E-state index contributed by atoms with van der Waals surface area (Å²) in [7, 11) is 2.74. The molecule has 0 amide bonds. The molecule has 2 aliphatic carbocycles. The fraction of sp³-hybridized carbons (Fsp3) is 0.200. The molecule has 0 aliphatic heterocycles. The minimum absolute atomic E-state index is 0. The second kappa shape index (κ2) is 20.5. The van der Waals surface area contributed by atoms with E-state index in [0.717, 1.165) is 5.52 Å². The largest absolute Gasteiger partial charge is 1.00 e. The number of fused-ring (bicyclic) bond motifs is 8. The number of rotatable bonds is 8. The number of imidazole rings is 2. The molecule has 0 saturated heterocycles. The van der Waals surface area contributed by atoms with Crippen molar-refractivity contribution < 1.29 is 95.1 Å². The number of methoxy groups -OCH3 is 2. The Kier molecular flexibility index (Phi) is 16.4. The normalized spacial score (nSPS) is 12.0. The van der Waals surface area contributed by atoms with Gasteiger partial charge in [-0.25, -0.2) is 4.98 Å². The van der Waals surface area contributed by atoms with Crippen molar-refractivity contribution in [1.82, 2.24) is 19.9 Å². The zero-order valence-corrected chi connectivity index (χ0v) is 36.5. The second-order valence-electron chi connectivity index (χ2n) is 12.2. The molecule has 2 aliphatic rings. The molecule has 2 heterocycles. The zero-order chi connectivity index (χ0) is 39.2. The van der Waals surface area contributed by atoms with Crippen LogP contribution in [0.5, 0.6) is 0 Å². The first kappa shape index (κ1) is 45.6. The van der Waals surface area contributed by atoms with Gasteiger partial charge in [0.25, 0.3) is 0 Å². The van der Waals surface area contributed by atoms with Crippen molar-refractivity contribution in [2.45, 2.75) is 30.8 Å². The molecule has 13 nitrogen and oxygen atoms in total. The first-order chi connectivity index (χ1) is 26.6. The fourth-order valence-corrected chi connectivity index (χ4v) is 7.35. The van der Waals surface area contributed by atoms with E-state index in [2.05, 4.69) is 29.4 Å². The van der Waals surface area contributed by atoms with Crippen LogP contribution >= 0.6 is 35.6 Å². The SMILES string of the molecule is COC(=O)CCCCl.COC(=O)CCCSc1nc2c3c(ccc2[nH]1)C(=O)c1ccccc1C3=O.O=C1c2ccccc2C(=O)c2c1ccc1[nH]c(=S)[nH]c21.[K+].[OH-]. The van der Waals surface area contributed by atoms with Crippen molar-refractivity contribution >= 4 is 92.7 Å². The Bertz CT molecular complexity index is 2580. The van der Waals surface area contributed by atoms with Crippen molar-refractivity contribution in [3.63, 3.8) is 0 Å². The average Bonchev–Trinajstić information content (AvgIpc) is 3.81. The van der Waals surface area contributed by atoms with Gasteiger partial charge in [0.05, 0.1) is 41.9 Å². The number of hydrogen-bond donors (Lipinski definition) is 3. The van der Waals surface area contributed by atoms with Gasteiger partial charge in [0.15, 0.2) is 33.1 Å². The van der Waals surface area contributed by atoms with Crippen LogP contribution in [-0.2, 0) is 19.1 Å². The molecule has 17 heteroatoms. The standard InChI is InChI=1S/C20H16N2O4S.C15H8N2O2S.C5H9ClO2.K.H2O/c1-26-15(23)7-4-10-27-20-21-14-9-8-13-16(17(14)22-20)19(25)12-6-3-2-5-11(12)18(13)24;18-13-7-3-1-2-4-8(7)14(19)11-9(13)5-6-10-12(11)17-15(20)16-10;1-8-5(7)3-2-4-6;;/h2-3,5-6,8-9H,4,7,10H2,1H3,(H,21,22);1-6H,(H2,16,17,20);2-4H2,1H3;;1H2/q;;;+1;/p-1. The molecule has 0 saturated carbocycles. The summed E-state index contributed by atoms with van der Waals surface area (Å²) in [6.45, 7) is 0. The van der Waals surface area contributed by atoms with Gasteiger partial charge in [0.1, 0.15) is 5.52 Å². The van der Waals surface area contributed by atoms with Crippen molar-refractivity contribution in [3.05, 3.63) is 122 Å². The molecule has 0 fully saturated rings. The van der Waals surface area contributed by atoms with Crippen LogP contribution < -0.4 is 51.4 Å². The number of halogens is 1. The summed E-state index contributed by atoms with van der Waals surface area (Å²) < 4.78 is 9.41. The number of aromatic amines is 3. The maximum atomic E-state index is 13.0. The number of esters is 2. The van der Waals surface area contributed by atoms with Gasteiger partial charge in [0, 0.05) is 57.9 Å². The molecule has 0 bridgehead atoms. The third kappa shape index (κ3) is 9.79. The monoisotopic (exact) mass is 852 g/mol. The van der Waals surface area contributed by atoms with Crippen molar-refractivity contribution in [2.24, 2.45) is 0 Å². The number of thioether (sulfide) groups is 1. The van der Waals surface area contributed by atoms with Crippen LogP contribution in [0.15, 0.2) is 78.0 Å². The fourth-order valence-electron chi connectivity index (χ4n) is 6.19. The number of carbonyl (C=O) groups is 6. The van der Waals surface area contributed by atoms with Crippen LogP contribution in [0.25, 0.3) is 22.1 Å². The van der Waals surface area contributed by atoms with Gasteiger partial charge < -0.3 is 29.9 Å². The van der Waals surface area contributed by atoms with Gasteiger partial charge in [-0.2, -0.15) is 0 Å². The van der Waals surface area contributed by atoms with E-state index in [1.807, 2.05) is 0 Å². The summed E-state index contributed by atoms with van der Waals surface area (Å²) in [5.41, 5.74) is 5.87. The summed E-state index contributed by atoms with van der Waals surface area (Å²) in [6, 6.07) is 20.6. The summed E-state index contributed by atoms with van der Waals surface area (Å²) >= 11 is 11.8. The Morgan fingerprint density at radius 1 is 0.667 bits per heavy atom. The van der Waals surface area contributed by atoms with E-state index < -0.39 is 0 Å². The number of benzene rings is 4. The first-order valence-corrected chi connectivity index (χ1v) is 19.0. The van der Waals surface area contributed by atoms with E-state index >= 15 is 0 Å². The number of hydrogen-bond acceptors (Lipinski definition) is 12. The number of aromatic nitrogens is 4. The Balaban J connectivity index is 0.000000212. The van der Waals surface area contributed by atoms with Crippen LogP contribution in [0, 0.1) is 4.77 Å². The van der Waals surface area contributed by atoms with Gasteiger partial charge >= 0.3 is 63.3 Å². The number of nitrogens with zero attached hydrogens (tertiary/aromatic N) is 1. The van der Waals surface area contributed by atoms with Crippen molar-refractivity contribution in [3.8, 4) is 0 Å². The topological polar surface area (TPSA) is 211 Å². The van der Waals surface area contributed by atoms with Crippen molar-refractivity contribution in [2.75, 3.05) is 25.9 Å². The van der Waals surface area contributed by atoms with Gasteiger partial charge in [-0.1, -0.05) is 60.3 Å². The number of alkyl halides is 1. The maximum Gasteiger partial charge on any atom is 1.00 e. The predicted octanol–water partition coefficient (Wildman–Crippen LogP) is 4.39. The molecule has 288 valence electrons. The van der Waals surface area contributed by atoms with E-state index in [4.69, 9.17) is 23.8 Å². The van der Waals surface area contributed by atoms with Crippen LogP contribution in [0.4, 0.5) is 0 Å². The summed E-state index contributed by atoms with van der Waals surface area (Å²) in [5.74, 6) is 0.172. The molecule has 2 aromatic heterocycles. The third-order valence-corrected chi connectivity index (χ3v) is 10.3.